The Hall–Kier alpha value is -1.22. The molecule has 1 aromatic rings. The number of hydrogen-bond donors (Lipinski definition) is 2. The molecule has 2 N–H and O–H groups in total. The van der Waals surface area contributed by atoms with Crippen LogP contribution in [-0.2, 0) is 0 Å². The normalized spacial score (nSPS) is 10.4. The van der Waals surface area contributed by atoms with Crippen LogP contribution in [0.25, 0.3) is 0 Å². The minimum absolute atomic E-state index is 0.275. The molecule has 0 radical (unpaired) electrons. The summed E-state index contributed by atoms with van der Waals surface area (Å²) in [6.45, 7) is 5.13. The van der Waals surface area contributed by atoms with Gasteiger partial charge >= 0.3 is 0 Å². The molecule has 0 atom stereocenters. The Bertz CT molecular complexity index is 285. The molecule has 0 aliphatic heterocycles. The molecule has 0 aromatic heterocycles. The van der Waals surface area contributed by atoms with E-state index < -0.39 is 0 Å². The topological polar surface area (TPSA) is 41.5 Å². The van der Waals surface area contributed by atoms with Crippen molar-refractivity contribution in [3.05, 3.63) is 24.3 Å². The highest BCUT2D eigenvalue weighted by atomic mass is 16.5. The maximum absolute atomic E-state index is 9.11. The summed E-state index contributed by atoms with van der Waals surface area (Å²) in [5.74, 6) is 1.10. The van der Waals surface area contributed by atoms with Crippen LogP contribution < -0.4 is 10.1 Å². The van der Waals surface area contributed by atoms with Gasteiger partial charge in [0.25, 0.3) is 0 Å². The number of phenolic OH excluding ortho intramolecular Hbond substituents is 1. The lowest BCUT2D eigenvalue weighted by Gasteiger charge is -2.06. The number of hydrogen-bond acceptors (Lipinski definition) is 3. The molecule has 1 aromatic carbocycles. The average molecular weight is 237 g/mol. The van der Waals surface area contributed by atoms with E-state index in [0.717, 1.165) is 38.3 Å². The number of benzene rings is 1. The molecule has 0 unspecified atom stereocenters. The van der Waals surface area contributed by atoms with E-state index in [-0.39, 0.29) is 5.75 Å². The molecule has 0 fully saturated rings. The maximum Gasteiger partial charge on any atom is 0.119 e. The van der Waals surface area contributed by atoms with Gasteiger partial charge in [-0.1, -0.05) is 13.3 Å². The van der Waals surface area contributed by atoms with Gasteiger partial charge in [0.2, 0.25) is 0 Å². The van der Waals surface area contributed by atoms with Crippen LogP contribution in [-0.4, -0.2) is 24.8 Å². The van der Waals surface area contributed by atoms with Gasteiger partial charge in [-0.25, -0.2) is 0 Å². The molecule has 17 heavy (non-hydrogen) atoms. The number of rotatable bonds is 9. The van der Waals surface area contributed by atoms with Crippen molar-refractivity contribution >= 4 is 0 Å². The summed E-state index contributed by atoms with van der Waals surface area (Å²) in [4.78, 5) is 0. The Morgan fingerprint density at radius 1 is 1.06 bits per heavy atom. The lowest BCUT2D eigenvalue weighted by atomic mass is 10.3. The van der Waals surface area contributed by atoms with Crippen molar-refractivity contribution in [2.45, 2.75) is 32.6 Å². The SMILES string of the molecule is CCCCNCCCCOc1ccc(O)cc1. The van der Waals surface area contributed by atoms with Gasteiger partial charge < -0.3 is 15.2 Å². The maximum atomic E-state index is 9.11. The monoisotopic (exact) mass is 237 g/mol. The fraction of sp³-hybridized carbons (Fsp3) is 0.571. The molecular weight excluding hydrogens is 214 g/mol. The smallest absolute Gasteiger partial charge is 0.119 e. The fourth-order valence-electron chi connectivity index (χ4n) is 1.51. The molecule has 0 aliphatic rings. The standard InChI is InChI=1S/C14H23NO2/c1-2-3-10-15-11-4-5-12-17-14-8-6-13(16)7-9-14/h6-9,15-16H,2-5,10-12H2,1H3. The third-order valence-electron chi connectivity index (χ3n) is 2.56. The third kappa shape index (κ3) is 6.84. The summed E-state index contributed by atoms with van der Waals surface area (Å²) < 4.78 is 5.55. The van der Waals surface area contributed by atoms with Crippen LogP contribution in [0, 0.1) is 0 Å². The van der Waals surface area contributed by atoms with E-state index in [2.05, 4.69) is 12.2 Å². The molecule has 0 heterocycles. The van der Waals surface area contributed by atoms with E-state index in [4.69, 9.17) is 9.84 Å². The Balaban J connectivity index is 1.95. The number of unbranched alkanes of at least 4 members (excludes halogenated alkanes) is 2. The predicted octanol–water partition coefficient (Wildman–Crippen LogP) is 2.94. The zero-order valence-corrected chi connectivity index (χ0v) is 10.6. The zero-order chi connectivity index (χ0) is 12.3. The van der Waals surface area contributed by atoms with Crippen molar-refractivity contribution < 1.29 is 9.84 Å². The van der Waals surface area contributed by atoms with Crippen molar-refractivity contribution in [3.63, 3.8) is 0 Å². The van der Waals surface area contributed by atoms with Crippen LogP contribution in [0.4, 0.5) is 0 Å². The quantitative estimate of drug-likeness (QED) is 0.649. The van der Waals surface area contributed by atoms with Gasteiger partial charge in [0.15, 0.2) is 0 Å². The van der Waals surface area contributed by atoms with Crippen LogP contribution in [0.5, 0.6) is 11.5 Å². The minimum Gasteiger partial charge on any atom is -0.508 e. The molecule has 0 saturated heterocycles. The second-order valence-corrected chi connectivity index (χ2v) is 4.15. The third-order valence-corrected chi connectivity index (χ3v) is 2.56. The molecule has 1 rings (SSSR count). The second kappa shape index (κ2) is 8.88. The van der Waals surface area contributed by atoms with Crippen molar-refractivity contribution in [1.29, 1.82) is 0 Å². The molecule has 0 spiro atoms. The van der Waals surface area contributed by atoms with Gasteiger partial charge in [-0.3, -0.25) is 0 Å². The van der Waals surface area contributed by atoms with E-state index in [1.807, 2.05) is 0 Å². The average Bonchev–Trinajstić information content (AvgIpc) is 2.35. The van der Waals surface area contributed by atoms with Gasteiger partial charge in [0.1, 0.15) is 11.5 Å². The van der Waals surface area contributed by atoms with Crippen LogP contribution >= 0.6 is 0 Å². The Kier molecular flexibility index (Phi) is 7.23. The Morgan fingerprint density at radius 3 is 2.47 bits per heavy atom. The highest BCUT2D eigenvalue weighted by molar-refractivity contribution is 5.29. The first-order valence-corrected chi connectivity index (χ1v) is 6.45. The van der Waals surface area contributed by atoms with Crippen molar-refractivity contribution in [3.8, 4) is 11.5 Å². The molecule has 96 valence electrons. The summed E-state index contributed by atoms with van der Waals surface area (Å²) in [5, 5.41) is 12.5. The van der Waals surface area contributed by atoms with Crippen LogP contribution in [0.1, 0.15) is 32.6 Å². The first-order chi connectivity index (χ1) is 8.33. The van der Waals surface area contributed by atoms with E-state index in [9.17, 15) is 0 Å². The van der Waals surface area contributed by atoms with Crippen molar-refractivity contribution in [2.75, 3.05) is 19.7 Å². The summed E-state index contributed by atoms with van der Waals surface area (Å²) in [6, 6.07) is 6.85. The minimum atomic E-state index is 0.275. The van der Waals surface area contributed by atoms with E-state index in [1.54, 1.807) is 24.3 Å². The zero-order valence-electron chi connectivity index (χ0n) is 10.6. The number of aromatic hydroxyl groups is 1. The van der Waals surface area contributed by atoms with Crippen LogP contribution in [0.15, 0.2) is 24.3 Å². The largest absolute Gasteiger partial charge is 0.508 e. The van der Waals surface area contributed by atoms with E-state index >= 15 is 0 Å². The van der Waals surface area contributed by atoms with Crippen LogP contribution in [0.3, 0.4) is 0 Å². The summed E-state index contributed by atoms with van der Waals surface area (Å²) in [7, 11) is 0. The highest BCUT2D eigenvalue weighted by Crippen LogP contribution is 2.15. The highest BCUT2D eigenvalue weighted by Gasteiger charge is 1.94. The summed E-state index contributed by atoms with van der Waals surface area (Å²) in [6.07, 6.45) is 4.70. The van der Waals surface area contributed by atoms with Gasteiger partial charge in [-0.05, 0) is 56.6 Å². The van der Waals surface area contributed by atoms with Gasteiger partial charge in [-0.2, -0.15) is 0 Å². The molecule has 3 heteroatoms. The Morgan fingerprint density at radius 2 is 1.76 bits per heavy atom. The van der Waals surface area contributed by atoms with Gasteiger partial charge in [0.05, 0.1) is 6.61 Å². The molecule has 3 nitrogen and oxygen atoms in total. The number of nitrogens with one attached hydrogen (secondary N) is 1. The number of phenols is 1. The Labute approximate surface area is 104 Å². The summed E-state index contributed by atoms with van der Waals surface area (Å²) in [5.41, 5.74) is 0. The van der Waals surface area contributed by atoms with E-state index in [0.29, 0.717) is 0 Å². The van der Waals surface area contributed by atoms with Gasteiger partial charge in [-0.15, -0.1) is 0 Å². The van der Waals surface area contributed by atoms with Crippen molar-refractivity contribution in [1.82, 2.24) is 5.32 Å². The number of ether oxygens (including phenoxy) is 1. The molecular formula is C14H23NO2. The predicted molar refractivity (Wildman–Crippen MR) is 70.6 cm³/mol. The first kappa shape index (κ1) is 13.8. The molecule has 0 amide bonds. The summed E-state index contributed by atoms with van der Waals surface area (Å²) >= 11 is 0. The van der Waals surface area contributed by atoms with Gasteiger partial charge in [0, 0.05) is 0 Å². The molecule has 0 aliphatic carbocycles. The first-order valence-electron chi connectivity index (χ1n) is 6.45. The fourth-order valence-corrected chi connectivity index (χ4v) is 1.51. The van der Waals surface area contributed by atoms with Crippen molar-refractivity contribution in [2.24, 2.45) is 0 Å². The van der Waals surface area contributed by atoms with E-state index in [1.165, 1.54) is 12.8 Å². The lowest BCUT2D eigenvalue weighted by molar-refractivity contribution is 0.305. The molecule has 0 saturated carbocycles. The molecule has 0 bridgehead atoms. The second-order valence-electron chi connectivity index (χ2n) is 4.15. The van der Waals surface area contributed by atoms with Crippen LogP contribution in [0.2, 0.25) is 0 Å². The lowest BCUT2D eigenvalue weighted by Crippen LogP contribution is -2.17.